The van der Waals surface area contributed by atoms with Crippen LogP contribution in [0.1, 0.15) is 37.7 Å². The van der Waals surface area contributed by atoms with Gasteiger partial charge in [0.15, 0.2) is 0 Å². The maximum Gasteiger partial charge on any atom is 0.0107 e. The lowest BCUT2D eigenvalue weighted by Crippen LogP contribution is -2.29. The van der Waals surface area contributed by atoms with Crippen LogP contribution in [-0.4, -0.2) is 13.1 Å². The number of likely N-dealkylation sites (N-methyl/N-ethyl adjacent to an activating group) is 1. The Labute approximate surface area is 99.3 Å². The fourth-order valence-corrected chi connectivity index (χ4v) is 2.85. The Morgan fingerprint density at radius 2 is 1.88 bits per heavy atom. The lowest BCUT2D eigenvalue weighted by atomic mass is 9.94. The van der Waals surface area contributed by atoms with E-state index in [1.54, 1.807) is 0 Å². The molecule has 1 aliphatic rings. The molecule has 1 fully saturated rings. The fraction of sp³-hybridized carbons (Fsp3) is 0.600. The van der Waals surface area contributed by atoms with Gasteiger partial charge in [-0.25, -0.2) is 0 Å². The fourth-order valence-electron chi connectivity index (χ4n) is 2.85. The van der Waals surface area contributed by atoms with E-state index in [4.69, 9.17) is 0 Å². The summed E-state index contributed by atoms with van der Waals surface area (Å²) in [6.45, 7) is 0. The summed E-state index contributed by atoms with van der Waals surface area (Å²) in [6.07, 6.45) is 8.33. The third-order valence-corrected chi connectivity index (χ3v) is 3.83. The van der Waals surface area contributed by atoms with Crippen molar-refractivity contribution in [2.24, 2.45) is 5.92 Å². The van der Waals surface area contributed by atoms with Crippen molar-refractivity contribution in [2.75, 3.05) is 7.05 Å². The molecule has 1 aliphatic carbocycles. The molecule has 1 nitrogen and oxygen atoms in total. The molecule has 0 aromatic heterocycles. The normalized spacial score (nSPS) is 18.8. The molecule has 0 heterocycles. The van der Waals surface area contributed by atoms with Crippen LogP contribution in [0.25, 0.3) is 0 Å². The minimum atomic E-state index is 0.658. The van der Waals surface area contributed by atoms with Crippen LogP contribution in [0, 0.1) is 5.92 Å². The van der Waals surface area contributed by atoms with Crippen LogP contribution in [-0.2, 0) is 6.42 Å². The summed E-state index contributed by atoms with van der Waals surface area (Å²) in [6, 6.07) is 11.5. The summed E-state index contributed by atoms with van der Waals surface area (Å²) in [4.78, 5) is 0. The van der Waals surface area contributed by atoms with Crippen LogP contribution in [0.2, 0.25) is 0 Å². The highest BCUT2D eigenvalue weighted by molar-refractivity contribution is 5.15. The SMILES string of the molecule is CNC(Cc1ccccc1)CC1CCCC1. The van der Waals surface area contributed by atoms with E-state index in [0.29, 0.717) is 6.04 Å². The van der Waals surface area contributed by atoms with Gasteiger partial charge in [0.1, 0.15) is 0 Å². The van der Waals surface area contributed by atoms with Gasteiger partial charge in [-0.2, -0.15) is 0 Å². The van der Waals surface area contributed by atoms with Gasteiger partial charge in [-0.3, -0.25) is 0 Å². The largest absolute Gasteiger partial charge is 0.317 e. The topological polar surface area (TPSA) is 12.0 Å². The summed E-state index contributed by atoms with van der Waals surface area (Å²) in [7, 11) is 2.10. The van der Waals surface area contributed by atoms with Crippen molar-refractivity contribution < 1.29 is 0 Å². The number of hydrogen-bond acceptors (Lipinski definition) is 1. The van der Waals surface area contributed by atoms with Crippen molar-refractivity contribution in [2.45, 2.75) is 44.6 Å². The molecule has 0 amide bonds. The summed E-state index contributed by atoms with van der Waals surface area (Å²) >= 11 is 0. The minimum absolute atomic E-state index is 0.658. The van der Waals surface area contributed by atoms with E-state index in [2.05, 4.69) is 42.7 Å². The van der Waals surface area contributed by atoms with Gasteiger partial charge >= 0.3 is 0 Å². The molecule has 2 rings (SSSR count). The zero-order valence-corrected chi connectivity index (χ0v) is 10.3. The summed E-state index contributed by atoms with van der Waals surface area (Å²) in [5, 5.41) is 3.48. The highest BCUT2D eigenvalue weighted by atomic mass is 14.9. The molecule has 88 valence electrons. The molecule has 0 bridgehead atoms. The van der Waals surface area contributed by atoms with Gasteiger partial charge in [-0.15, -0.1) is 0 Å². The standard InChI is InChI=1S/C15H23N/c1-16-15(12-14-9-5-6-10-14)11-13-7-3-2-4-8-13/h2-4,7-8,14-16H,5-6,9-12H2,1H3. The van der Waals surface area contributed by atoms with Crippen molar-refractivity contribution in [1.82, 2.24) is 5.32 Å². The van der Waals surface area contributed by atoms with Gasteiger partial charge in [0.2, 0.25) is 0 Å². The molecule has 16 heavy (non-hydrogen) atoms. The maximum atomic E-state index is 3.48. The Kier molecular flexibility index (Phi) is 4.41. The van der Waals surface area contributed by atoms with E-state index in [9.17, 15) is 0 Å². The highest BCUT2D eigenvalue weighted by Crippen LogP contribution is 2.29. The minimum Gasteiger partial charge on any atom is -0.317 e. The van der Waals surface area contributed by atoms with E-state index in [1.165, 1.54) is 44.1 Å². The maximum absolute atomic E-state index is 3.48. The molecule has 1 aromatic carbocycles. The Morgan fingerprint density at radius 1 is 1.19 bits per heavy atom. The van der Waals surface area contributed by atoms with Gasteiger partial charge in [0.25, 0.3) is 0 Å². The Morgan fingerprint density at radius 3 is 2.50 bits per heavy atom. The zero-order valence-electron chi connectivity index (χ0n) is 10.3. The van der Waals surface area contributed by atoms with Crippen molar-refractivity contribution >= 4 is 0 Å². The number of benzene rings is 1. The number of rotatable bonds is 5. The summed E-state index contributed by atoms with van der Waals surface area (Å²) < 4.78 is 0. The van der Waals surface area contributed by atoms with Crippen molar-refractivity contribution in [3.63, 3.8) is 0 Å². The molecular formula is C15H23N. The van der Waals surface area contributed by atoms with Crippen molar-refractivity contribution in [1.29, 1.82) is 0 Å². The smallest absolute Gasteiger partial charge is 0.0107 e. The van der Waals surface area contributed by atoms with Crippen LogP contribution in [0.3, 0.4) is 0 Å². The molecule has 0 radical (unpaired) electrons. The molecular weight excluding hydrogens is 194 g/mol. The first kappa shape index (κ1) is 11.7. The van der Waals surface area contributed by atoms with Crippen LogP contribution in [0.5, 0.6) is 0 Å². The average Bonchev–Trinajstić information content (AvgIpc) is 2.82. The lowest BCUT2D eigenvalue weighted by molar-refractivity contribution is 0.402. The molecule has 1 saturated carbocycles. The van der Waals surface area contributed by atoms with Crippen LogP contribution in [0.15, 0.2) is 30.3 Å². The molecule has 0 aliphatic heterocycles. The third kappa shape index (κ3) is 3.34. The molecule has 0 saturated heterocycles. The van der Waals surface area contributed by atoms with Crippen LogP contribution in [0.4, 0.5) is 0 Å². The molecule has 0 spiro atoms. The molecule has 1 unspecified atom stereocenters. The molecule has 1 aromatic rings. The molecule has 1 atom stereocenters. The van der Waals surface area contributed by atoms with E-state index in [0.717, 1.165) is 5.92 Å². The van der Waals surface area contributed by atoms with Crippen molar-refractivity contribution in [3.8, 4) is 0 Å². The highest BCUT2D eigenvalue weighted by Gasteiger charge is 2.19. The van der Waals surface area contributed by atoms with Crippen LogP contribution < -0.4 is 5.32 Å². The number of hydrogen-bond donors (Lipinski definition) is 1. The van der Waals surface area contributed by atoms with E-state index in [-0.39, 0.29) is 0 Å². The predicted molar refractivity (Wildman–Crippen MR) is 69.6 cm³/mol. The quantitative estimate of drug-likeness (QED) is 0.797. The van der Waals surface area contributed by atoms with Crippen LogP contribution >= 0.6 is 0 Å². The van der Waals surface area contributed by atoms with Gasteiger partial charge in [0.05, 0.1) is 0 Å². The summed E-state index contributed by atoms with van der Waals surface area (Å²) in [5.74, 6) is 0.973. The third-order valence-electron chi connectivity index (χ3n) is 3.83. The predicted octanol–water partition coefficient (Wildman–Crippen LogP) is 3.40. The van der Waals surface area contributed by atoms with E-state index < -0.39 is 0 Å². The Balaban J connectivity index is 1.85. The van der Waals surface area contributed by atoms with Gasteiger partial charge in [-0.1, -0.05) is 56.0 Å². The van der Waals surface area contributed by atoms with Gasteiger partial charge in [-0.05, 0) is 31.4 Å². The zero-order chi connectivity index (χ0) is 11.2. The average molecular weight is 217 g/mol. The van der Waals surface area contributed by atoms with Gasteiger partial charge < -0.3 is 5.32 Å². The Bertz CT molecular complexity index is 288. The lowest BCUT2D eigenvalue weighted by Gasteiger charge is -2.20. The second-order valence-electron chi connectivity index (χ2n) is 5.06. The first-order valence-corrected chi connectivity index (χ1v) is 6.59. The molecule has 1 N–H and O–H groups in total. The summed E-state index contributed by atoms with van der Waals surface area (Å²) in [5.41, 5.74) is 1.46. The van der Waals surface area contributed by atoms with Crippen molar-refractivity contribution in [3.05, 3.63) is 35.9 Å². The van der Waals surface area contributed by atoms with Gasteiger partial charge in [0, 0.05) is 6.04 Å². The first-order valence-electron chi connectivity index (χ1n) is 6.59. The van der Waals surface area contributed by atoms with E-state index >= 15 is 0 Å². The van der Waals surface area contributed by atoms with E-state index in [1.807, 2.05) is 0 Å². The number of nitrogens with one attached hydrogen (secondary N) is 1. The second-order valence-corrected chi connectivity index (χ2v) is 5.06. The monoisotopic (exact) mass is 217 g/mol. The Hall–Kier alpha value is -0.820. The molecule has 1 heteroatoms. The second kappa shape index (κ2) is 6.05. The first-order chi connectivity index (χ1) is 7.88.